The molecule has 1 atom stereocenters. The average molecular weight is 299 g/mol. The van der Waals surface area contributed by atoms with Crippen LogP contribution in [-0.4, -0.2) is 49.8 Å². The molecule has 1 heterocycles. The minimum absolute atomic E-state index is 0.308. The van der Waals surface area contributed by atoms with Crippen LogP contribution in [-0.2, 0) is 4.74 Å². The molecular weight excluding hydrogens is 260 g/mol. The van der Waals surface area contributed by atoms with Crippen LogP contribution in [0.15, 0.2) is 0 Å². The first kappa shape index (κ1) is 18.9. The lowest BCUT2D eigenvalue weighted by molar-refractivity contribution is 0.0156. The zero-order valence-corrected chi connectivity index (χ0v) is 15.5. The molecule has 0 aromatic carbocycles. The molecule has 1 saturated heterocycles. The summed E-state index contributed by atoms with van der Waals surface area (Å²) >= 11 is 0. The highest BCUT2D eigenvalue weighted by molar-refractivity contribution is 4.98. The predicted molar refractivity (Wildman–Crippen MR) is 91.8 cm³/mol. The number of nitrogens with zero attached hydrogens (tertiary/aromatic N) is 1. The molecule has 1 aliphatic rings. The number of piperazine rings is 1. The molecule has 1 fully saturated rings. The molecule has 1 N–H and O–H groups in total. The van der Waals surface area contributed by atoms with Crippen LogP contribution in [0.3, 0.4) is 0 Å². The Kier molecular flexibility index (Phi) is 7.15. The molecule has 0 saturated carbocycles. The van der Waals surface area contributed by atoms with Crippen molar-refractivity contribution in [2.75, 3.05) is 33.4 Å². The van der Waals surface area contributed by atoms with Crippen molar-refractivity contribution in [3.63, 3.8) is 0 Å². The number of ether oxygens (including phenoxy) is 1. The number of nitrogens with one attached hydrogen (secondary N) is 1. The highest BCUT2D eigenvalue weighted by Crippen LogP contribution is 2.30. The predicted octanol–water partition coefficient (Wildman–Crippen LogP) is 3.54. The molecule has 0 aromatic rings. The maximum absolute atomic E-state index is 5.29. The molecule has 0 radical (unpaired) electrons. The van der Waals surface area contributed by atoms with E-state index in [1.165, 1.54) is 25.9 Å². The summed E-state index contributed by atoms with van der Waals surface area (Å²) in [6, 6.07) is 0.651. The minimum Gasteiger partial charge on any atom is -0.385 e. The van der Waals surface area contributed by atoms with E-state index in [9.17, 15) is 0 Å². The van der Waals surface area contributed by atoms with Crippen LogP contribution >= 0.6 is 0 Å². The maximum Gasteiger partial charge on any atom is 0.0467 e. The van der Waals surface area contributed by atoms with Gasteiger partial charge in [0.25, 0.3) is 0 Å². The van der Waals surface area contributed by atoms with Gasteiger partial charge in [0.1, 0.15) is 0 Å². The van der Waals surface area contributed by atoms with Crippen molar-refractivity contribution in [3.05, 3.63) is 0 Å². The second-order valence-electron chi connectivity index (χ2n) is 7.99. The smallest absolute Gasteiger partial charge is 0.0467 e. The van der Waals surface area contributed by atoms with E-state index in [0.717, 1.165) is 19.6 Å². The Labute approximate surface area is 132 Å². The van der Waals surface area contributed by atoms with Gasteiger partial charge < -0.3 is 10.1 Å². The monoisotopic (exact) mass is 298 g/mol. The van der Waals surface area contributed by atoms with E-state index in [-0.39, 0.29) is 0 Å². The first-order valence-electron chi connectivity index (χ1n) is 8.77. The number of rotatable bonds is 8. The highest BCUT2D eigenvalue weighted by Gasteiger charge is 2.39. The molecule has 3 nitrogen and oxygen atoms in total. The van der Waals surface area contributed by atoms with Crippen LogP contribution in [0, 0.1) is 11.3 Å². The molecule has 0 bridgehead atoms. The van der Waals surface area contributed by atoms with Crippen LogP contribution in [0.25, 0.3) is 0 Å². The molecule has 1 unspecified atom stereocenters. The molecular formula is C18H38N2O. The van der Waals surface area contributed by atoms with E-state index in [1.54, 1.807) is 7.11 Å². The normalized spacial score (nSPS) is 23.7. The number of hydrogen-bond donors (Lipinski definition) is 1. The van der Waals surface area contributed by atoms with Crippen LogP contribution in [0.2, 0.25) is 0 Å². The second kappa shape index (κ2) is 7.94. The van der Waals surface area contributed by atoms with E-state index in [2.05, 4.69) is 51.8 Å². The van der Waals surface area contributed by atoms with Gasteiger partial charge in [0, 0.05) is 44.9 Å². The van der Waals surface area contributed by atoms with Crippen molar-refractivity contribution in [2.45, 2.75) is 72.4 Å². The van der Waals surface area contributed by atoms with Crippen LogP contribution < -0.4 is 5.32 Å². The molecule has 1 rings (SSSR count). The Morgan fingerprint density at radius 1 is 1.29 bits per heavy atom. The Bertz CT molecular complexity index is 298. The highest BCUT2D eigenvalue weighted by atomic mass is 16.5. The van der Waals surface area contributed by atoms with Crippen molar-refractivity contribution >= 4 is 0 Å². The maximum atomic E-state index is 5.29. The Morgan fingerprint density at radius 3 is 2.38 bits per heavy atom. The third-order valence-corrected chi connectivity index (χ3v) is 5.40. The summed E-state index contributed by atoms with van der Waals surface area (Å²) in [6.45, 7) is 18.4. The Balaban J connectivity index is 2.80. The van der Waals surface area contributed by atoms with Gasteiger partial charge in [0.05, 0.1) is 0 Å². The topological polar surface area (TPSA) is 24.5 Å². The van der Waals surface area contributed by atoms with Gasteiger partial charge in [0.15, 0.2) is 0 Å². The fourth-order valence-electron chi connectivity index (χ4n) is 3.57. The average Bonchev–Trinajstić information content (AvgIpc) is 2.44. The standard InChI is InChI=1S/C18H38N2O/c1-8-18(9-2)14-20(16(12-19-18)15(3)4)13-17(5,6)10-11-21-7/h15-16,19H,8-14H2,1-7H3. The van der Waals surface area contributed by atoms with Crippen LogP contribution in [0.4, 0.5) is 0 Å². The summed E-state index contributed by atoms with van der Waals surface area (Å²) in [5.74, 6) is 0.697. The fourth-order valence-corrected chi connectivity index (χ4v) is 3.57. The first-order valence-corrected chi connectivity index (χ1v) is 8.77. The van der Waals surface area contributed by atoms with Gasteiger partial charge in [0.2, 0.25) is 0 Å². The zero-order valence-electron chi connectivity index (χ0n) is 15.5. The molecule has 1 aliphatic heterocycles. The third-order valence-electron chi connectivity index (χ3n) is 5.40. The van der Waals surface area contributed by atoms with E-state index >= 15 is 0 Å². The third kappa shape index (κ3) is 5.22. The summed E-state index contributed by atoms with van der Waals surface area (Å²) < 4.78 is 5.29. The second-order valence-corrected chi connectivity index (χ2v) is 7.99. The van der Waals surface area contributed by atoms with Gasteiger partial charge in [-0.3, -0.25) is 4.90 Å². The largest absolute Gasteiger partial charge is 0.385 e. The summed E-state index contributed by atoms with van der Waals surface area (Å²) in [4.78, 5) is 2.75. The molecule has 0 aromatic heterocycles. The fraction of sp³-hybridized carbons (Fsp3) is 1.00. The van der Waals surface area contributed by atoms with Gasteiger partial charge in [-0.1, -0.05) is 41.5 Å². The number of methoxy groups -OCH3 is 1. The van der Waals surface area contributed by atoms with Crippen molar-refractivity contribution in [2.24, 2.45) is 11.3 Å². The van der Waals surface area contributed by atoms with Crippen molar-refractivity contribution in [3.8, 4) is 0 Å². The minimum atomic E-state index is 0.308. The summed E-state index contributed by atoms with van der Waals surface area (Å²) in [5, 5.41) is 3.86. The lowest BCUT2D eigenvalue weighted by Crippen LogP contribution is -2.66. The molecule has 0 spiro atoms. The van der Waals surface area contributed by atoms with Crippen LogP contribution in [0.5, 0.6) is 0 Å². The summed E-state index contributed by atoms with van der Waals surface area (Å²) in [6.07, 6.45) is 3.55. The molecule has 0 aliphatic carbocycles. The van der Waals surface area contributed by atoms with Gasteiger partial charge in [-0.15, -0.1) is 0 Å². The van der Waals surface area contributed by atoms with Gasteiger partial charge >= 0.3 is 0 Å². The Morgan fingerprint density at radius 2 is 1.90 bits per heavy atom. The molecule has 126 valence electrons. The van der Waals surface area contributed by atoms with E-state index in [1.807, 2.05) is 0 Å². The van der Waals surface area contributed by atoms with E-state index in [4.69, 9.17) is 4.74 Å². The van der Waals surface area contributed by atoms with Crippen molar-refractivity contribution in [1.29, 1.82) is 0 Å². The van der Waals surface area contributed by atoms with E-state index in [0.29, 0.717) is 22.9 Å². The lowest BCUT2D eigenvalue weighted by Gasteiger charge is -2.51. The van der Waals surface area contributed by atoms with E-state index < -0.39 is 0 Å². The van der Waals surface area contributed by atoms with Gasteiger partial charge in [-0.25, -0.2) is 0 Å². The number of hydrogen-bond acceptors (Lipinski definition) is 3. The molecule has 21 heavy (non-hydrogen) atoms. The first-order chi connectivity index (χ1) is 9.79. The van der Waals surface area contributed by atoms with Crippen molar-refractivity contribution < 1.29 is 4.74 Å². The molecule has 3 heteroatoms. The van der Waals surface area contributed by atoms with Gasteiger partial charge in [-0.05, 0) is 30.6 Å². The summed E-state index contributed by atoms with van der Waals surface area (Å²) in [7, 11) is 1.80. The molecule has 0 amide bonds. The Hall–Kier alpha value is -0.120. The zero-order chi connectivity index (χ0) is 16.1. The van der Waals surface area contributed by atoms with Crippen molar-refractivity contribution in [1.82, 2.24) is 10.2 Å². The van der Waals surface area contributed by atoms with Crippen LogP contribution in [0.1, 0.15) is 60.8 Å². The van der Waals surface area contributed by atoms with Gasteiger partial charge in [-0.2, -0.15) is 0 Å². The SMILES string of the molecule is CCC1(CC)CN(CC(C)(C)CCOC)C(C(C)C)CN1. The summed E-state index contributed by atoms with van der Waals surface area (Å²) in [5.41, 5.74) is 0.621. The quantitative estimate of drug-likeness (QED) is 0.742. The lowest BCUT2D eigenvalue weighted by atomic mass is 9.82.